The van der Waals surface area contributed by atoms with E-state index in [2.05, 4.69) is 26.1 Å². The summed E-state index contributed by atoms with van der Waals surface area (Å²) in [6.45, 7) is 1.84. The molecule has 0 aliphatic carbocycles. The minimum absolute atomic E-state index is 0.240. The molecule has 3 nitrogen and oxygen atoms in total. The first-order valence-electron chi connectivity index (χ1n) is 8.32. The fourth-order valence-electron chi connectivity index (χ4n) is 3.02. The van der Waals surface area contributed by atoms with E-state index in [4.69, 9.17) is 0 Å². The van der Waals surface area contributed by atoms with Gasteiger partial charge in [0.25, 0.3) is 0 Å². The van der Waals surface area contributed by atoms with Gasteiger partial charge in [0.2, 0.25) is 0 Å². The number of oxime groups is 1. The Labute approximate surface area is 164 Å². The highest BCUT2D eigenvalue weighted by molar-refractivity contribution is 9.10. The molecule has 0 aliphatic heterocycles. The van der Waals surface area contributed by atoms with Crippen LogP contribution in [-0.4, -0.2) is 15.9 Å². The maximum absolute atomic E-state index is 14.5. The lowest BCUT2D eigenvalue weighted by Gasteiger charge is -2.20. The van der Waals surface area contributed by atoms with Crippen molar-refractivity contribution < 1.29 is 14.0 Å². The molecule has 0 radical (unpaired) electrons. The molecule has 0 fully saturated rings. The molecule has 1 atom stereocenters. The van der Waals surface area contributed by atoms with Crippen LogP contribution in [0.2, 0.25) is 0 Å². The number of rotatable bonds is 5. The predicted octanol–water partition coefficient (Wildman–Crippen LogP) is 5.83. The van der Waals surface area contributed by atoms with Gasteiger partial charge in [-0.05, 0) is 48.4 Å². The molecule has 3 rings (SSSR count). The number of halogens is 3. The molecule has 1 aromatic heterocycles. The van der Waals surface area contributed by atoms with Gasteiger partial charge < -0.3 is 5.21 Å². The summed E-state index contributed by atoms with van der Waals surface area (Å²) < 4.78 is 28.8. The van der Waals surface area contributed by atoms with E-state index in [9.17, 15) is 14.0 Å². The van der Waals surface area contributed by atoms with Crippen LogP contribution in [0.5, 0.6) is 0 Å². The Balaban J connectivity index is 2.05. The fourth-order valence-corrected chi connectivity index (χ4v) is 3.29. The smallest absolute Gasteiger partial charge is 0.129 e. The molecule has 0 unspecified atom stereocenters. The summed E-state index contributed by atoms with van der Waals surface area (Å²) in [4.78, 5) is 4.14. The quantitative estimate of drug-likeness (QED) is 0.314. The largest absolute Gasteiger partial charge is 0.411 e. The Morgan fingerprint density at radius 1 is 1.11 bits per heavy atom. The van der Waals surface area contributed by atoms with Crippen LogP contribution in [0.3, 0.4) is 0 Å². The predicted molar refractivity (Wildman–Crippen MR) is 104 cm³/mol. The second kappa shape index (κ2) is 8.39. The van der Waals surface area contributed by atoms with Gasteiger partial charge in [0, 0.05) is 40.3 Å². The molecule has 2 aromatic carbocycles. The first kappa shape index (κ1) is 19.2. The standard InChI is InChI=1S/C21H17BrF2N2O/c1-13-10-15(8-9-25-13)21(26-27)12-19(14-2-4-16(22)5-3-14)18-7-6-17(23)11-20(18)24/h2-11,19,27H,12H2,1H3/b26-21+/t19-/m1/s1. The van der Waals surface area contributed by atoms with Gasteiger partial charge >= 0.3 is 0 Å². The molecule has 0 saturated carbocycles. The van der Waals surface area contributed by atoms with Gasteiger partial charge in [0.15, 0.2) is 0 Å². The number of hydrogen-bond donors (Lipinski definition) is 1. The molecule has 6 heteroatoms. The lowest BCUT2D eigenvalue weighted by atomic mass is 9.85. The molecular weight excluding hydrogens is 414 g/mol. The van der Waals surface area contributed by atoms with Gasteiger partial charge in [0.1, 0.15) is 11.6 Å². The van der Waals surface area contributed by atoms with Crippen molar-refractivity contribution in [2.24, 2.45) is 5.16 Å². The average molecular weight is 431 g/mol. The van der Waals surface area contributed by atoms with Gasteiger partial charge in [-0.2, -0.15) is 0 Å². The minimum Gasteiger partial charge on any atom is -0.411 e. The van der Waals surface area contributed by atoms with Gasteiger partial charge in [0.05, 0.1) is 5.71 Å². The van der Waals surface area contributed by atoms with Crippen LogP contribution in [0, 0.1) is 18.6 Å². The van der Waals surface area contributed by atoms with Crippen molar-refractivity contribution in [1.82, 2.24) is 4.98 Å². The van der Waals surface area contributed by atoms with Crippen molar-refractivity contribution in [1.29, 1.82) is 0 Å². The maximum Gasteiger partial charge on any atom is 0.129 e. The zero-order chi connectivity index (χ0) is 19.4. The van der Waals surface area contributed by atoms with Crippen molar-refractivity contribution in [3.8, 4) is 0 Å². The SMILES string of the molecule is Cc1cc(/C(C[C@H](c2ccc(Br)cc2)c2ccc(F)cc2F)=N/O)ccn1. The lowest BCUT2D eigenvalue weighted by Crippen LogP contribution is -2.12. The third kappa shape index (κ3) is 4.57. The zero-order valence-corrected chi connectivity index (χ0v) is 16.1. The molecule has 0 saturated heterocycles. The summed E-state index contributed by atoms with van der Waals surface area (Å²) in [6, 6.07) is 14.5. The van der Waals surface area contributed by atoms with E-state index in [0.717, 1.165) is 21.8 Å². The van der Waals surface area contributed by atoms with Crippen molar-refractivity contribution in [3.05, 3.63) is 99.3 Å². The van der Waals surface area contributed by atoms with Crippen molar-refractivity contribution in [2.45, 2.75) is 19.3 Å². The molecule has 3 aromatic rings. The highest BCUT2D eigenvalue weighted by Gasteiger charge is 2.22. The monoisotopic (exact) mass is 430 g/mol. The summed E-state index contributed by atoms with van der Waals surface area (Å²) in [6.07, 6.45) is 1.87. The Hall–Kier alpha value is -2.60. The van der Waals surface area contributed by atoms with Gasteiger partial charge in [-0.25, -0.2) is 8.78 Å². The van der Waals surface area contributed by atoms with Crippen LogP contribution in [0.25, 0.3) is 0 Å². The molecule has 0 amide bonds. The van der Waals surface area contributed by atoms with Crippen LogP contribution < -0.4 is 0 Å². The fraction of sp³-hybridized carbons (Fsp3) is 0.143. The summed E-state index contributed by atoms with van der Waals surface area (Å²) in [5.41, 5.74) is 3.05. The molecule has 0 bridgehead atoms. The molecule has 0 spiro atoms. The first-order chi connectivity index (χ1) is 13.0. The molecule has 1 N–H and O–H groups in total. The van der Waals surface area contributed by atoms with E-state index < -0.39 is 17.6 Å². The summed E-state index contributed by atoms with van der Waals surface area (Å²) >= 11 is 3.39. The lowest BCUT2D eigenvalue weighted by molar-refractivity contribution is 0.317. The first-order valence-corrected chi connectivity index (χ1v) is 9.11. The molecule has 1 heterocycles. The third-order valence-electron chi connectivity index (χ3n) is 4.36. The topological polar surface area (TPSA) is 45.5 Å². The Bertz CT molecular complexity index is 974. The van der Waals surface area contributed by atoms with Crippen LogP contribution >= 0.6 is 15.9 Å². The molecule has 138 valence electrons. The van der Waals surface area contributed by atoms with E-state index in [0.29, 0.717) is 16.8 Å². The Kier molecular flexibility index (Phi) is 5.96. The number of aromatic nitrogens is 1. The second-order valence-electron chi connectivity index (χ2n) is 6.21. The van der Waals surface area contributed by atoms with Crippen LogP contribution in [-0.2, 0) is 0 Å². The van der Waals surface area contributed by atoms with Crippen LogP contribution in [0.1, 0.15) is 34.7 Å². The normalized spacial score (nSPS) is 12.8. The van der Waals surface area contributed by atoms with Gasteiger partial charge in [-0.1, -0.05) is 39.3 Å². The highest BCUT2D eigenvalue weighted by Crippen LogP contribution is 2.32. The number of pyridine rings is 1. The van der Waals surface area contributed by atoms with Gasteiger partial charge in [-0.3, -0.25) is 4.98 Å². The van der Waals surface area contributed by atoms with E-state index in [1.54, 1.807) is 18.3 Å². The Morgan fingerprint density at radius 2 is 1.85 bits per heavy atom. The van der Waals surface area contributed by atoms with Gasteiger partial charge in [-0.15, -0.1) is 0 Å². The second-order valence-corrected chi connectivity index (χ2v) is 7.12. The number of nitrogens with zero attached hydrogens (tertiary/aromatic N) is 2. The van der Waals surface area contributed by atoms with Crippen LogP contribution in [0.4, 0.5) is 8.78 Å². The zero-order valence-electron chi connectivity index (χ0n) is 14.5. The molecular formula is C21H17BrF2N2O. The summed E-state index contributed by atoms with van der Waals surface area (Å²) in [7, 11) is 0. The van der Waals surface area contributed by atoms with E-state index in [1.165, 1.54) is 12.1 Å². The van der Waals surface area contributed by atoms with Crippen molar-refractivity contribution in [2.75, 3.05) is 0 Å². The summed E-state index contributed by atoms with van der Waals surface area (Å²) in [5, 5.41) is 13.0. The van der Waals surface area contributed by atoms with Crippen molar-refractivity contribution in [3.63, 3.8) is 0 Å². The molecule has 27 heavy (non-hydrogen) atoms. The van der Waals surface area contributed by atoms with E-state index in [1.807, 2.05) is 31.2 Å². The maximum atomic E-state index is 14.5. The number of hydrogen-bond acceptors (Lipinski definition) is 3. The third-order valence-corrected chi connectivity index (χ3v) is 4.89. The van der Waals surface area contributed by atoms with E-state index in [-0.39, 0.29) is 6.42 Å². The highest BCUT2D eigenvalue weighted by atomic mass is 79.9. The average Bonchev–Trinajstić information content (AvgIpc) is 2.64. The van der Waals surface area contributed by atoms with E-state index >= 15 is 0 Å². The number of benzene rings is 2. The molecule has 0 aliphatic rings. The van der Waals surface area contributed by atoms with Crippen LogP contribution in [0.15, 0.2) is 70.4 Å². The number of aryl methyl sites for hydroxylation is 1. The Morgan fingerprint density at radius 3 is 2.48 bits per heavy atom. The van der Waals surface area contributed by atoms with Crippen molar-refractivity contribution >= 4 is 21.6 Å². The summed E-state index contributed by atoms with van der Waals surface area (Å²) in [5.74, 6) is -1.71. The minimum atomic E-state index is -0.633.